The number of nitrogens with one attached hydrogen (secondary N) is 1. The quantitative estimate of drug-likeness (QED) is 0.664. The van der Waals surface area contributed by atoms with Gasteiger partial charge in [-0.15, -0.1) is 0 Å². The average molecular weight is 200 g/mol. The molecule has 1 unspecified atom stereocenters. The molecule has 4 nitrogen and oxygen atoms in total. The molecule has 1 saturated carbocycles. The molecule has 0 aromatic carbocycles. The maximum absolute atomic E-state index is 11.3. The van der Waals surface area contributed by atoms with Gasteiger partial charge in [-0.1, -0.05) is 0 Å². The number of carbonyl (C=O) groups excluding carboxylic acids is 1. The Morgan fingerprint density at radius 1 is 1.57 bits per heavy atom. The Balaban J connectivity index is 2.15. The van der Waals surface area contributed by atoms with E-state index in [0.29, 0.717) is 12.3 Å². The van der Waals surface area contributed by atoms with Crippen molar-refractivity contribution in [2.75, 3.05) is 0 Å². The summed E-state index contributed by atoms with van der Waals surface area (Å²) in [6.45, 7) is 5.65. The molecule has 82 valence electrons. The monoisotopic (exact) mass is 200 g/mol. The van der Waals surface area contributed by atoms with Crippen LogP contribution in [0.3, 0.4) is 0 Å². The van der Waals surface area contributed by atoms with E-state index in [0.717, 1.165) is 12.8 Å². The van der Waals surface area contributed by atoms with Gasteiger partial charge in [0, 0.05) is 12.5 Å². The van der Waals surface area contributed by atoms with Gasteiger partial charge in [-0.2, -0.15) is 0 Å². The van der Waals surface area contributed by atoms with Crippen molar-refractivity contribution in [3.63, 3.8) is 0 Å². The Kier molecular flexibility index (Phi) is 3.50. The Hall–Kier alpha value is -0.610. The predicted molar refractivity (Wildman–Crippen MR) is 54.3 cm³/mol. The lowest BCUT2D eigenvalue weighted by Gasteiger charge is -2.19. The molecule has 3 N–H and O–H groups in total. The molecule has 0 radical (unpaired) electrons. The van der Waals surface area contributed by atoms with E-state index in [9.17, 15) is 4.79 Å². The zero-order chi connectivity index (χ0) is 10.8. The Morgan fingerprint density at radius 2 is 2.14 bits per heavy atom. The van der Waals surface area contributed by atoms with E-state index in [1.165, 1.54) is 0 Å². The van der Waals surface area contributed by atoms with Gasteiger partial charge in [0.05, 0.1) is 5.60 Å². The molecule has 1 amide bonds. The number of carbonyl (C=O) groups is 1. The van der Waals surface area contributed by atoms with E-state index in [1.54, 1.807) is 0 Å². The van der Waals surface area contributed by atoms with Crippen molar-refractivity contribution in [1.82, 2.24) is 5.48 Å². The molecule has 0 aromatic heterocycles. The summed E-state index contributed by atoms with van der Waals surface area (Å²) in [4.78, 5) is 16.5. The van der Waals surface area contributed by atoms with E-state index < -0.39 is 0 Å². The van der Waals surface area contributed by atoms with E-state index in [-0.39, 0.29) is 17.6 Å². The Bertz CT molecular complexity index is 207. The molecule has 1 fully saturated rings. The zero-order valence-corrected chi connectivity index (χ0v) is 9.17. The molecule has 0 aromatic rings. The molecule has 0 spiro atoms. The van der Waals surface area contributed by atoms with Gasteiger partial charge in [0.1, 0.15) is 0 Å². The summed E-state index contributed by atoms with van der Waals surface area (Å²) in [5.74, 6) is 0.426. The van der Waals surface area contributed by atoms with Crippen LogP contribution in [-0.4, -0.2) is 17.6 Å². The molecular formula is C10H20N2O2. The first kappa shape index (κ1) is 11.5. The van der Waals surface area contributed by atoms with Crippen LogP contribution in [0.4, 0.5) is 0 Å². The summed E-state index contributed by atoms with van der Waals surface area (Å²) in [6, 6.07) is -0.00133. The van der Waals surface area contributed by atoms with Crippen LogP contribution in [0.5, 0.6) is 0 Å². The maximum atomic E-state index is 11.3. The highest BCUT2D eigenvalue weighted by atomic mass is 16.7. The lowest BCUT2D eigenvalue weighted by molar-refractivity contribution is -0.146. The summed E-state index contributed by atoms with van der Waals surface area (Å²) in [5.41, 5.74) is 7.87. The summed E-state index contributed by atoms with van der Waals surface area (Å²) in [7, 11) is 0. The SMILES string of the molecule is CC(C)(C)ONC(=O)CC(N)C1CC1. The molecule has 0 aliphatic heterocycles. The number of amides is 1. The third-order valence-corrected chi connectivity index (χ3v) is 2.12. The molecule has 0 bridgehead atoms. The van der Waals surface area contributed by atoms with Crippen LogP contribution in [0.15, 0.2) is 0 Å². The normalized spacial score (nSPS) is 19.1. The second-order valence-electron chi connectivity index (χ2n) is 4.95. The van der Waals surface area contributed by atoms with E-state index in [4.69, 9.17) is 10.6 Å². The van der Waals surface area contributed by atoms with Crippen LogP contribution in [0, 0.1) is 5.92 Å². The van der Waals surface area contributed by atoms with Crippen molar-refractivity contribution in [3.8, 4) is 0 Å². The van der Waals surface area contributed by atoms with Crippen molar-refractivity contribution >= 4 is 5.91 Å². The minimum atomic E-state index is -0.348. The average Bonchev–Trinajstić information content (AvgIpc) is 2.81. The van der Waals surface area contributed by atoms with Crippen LogP contribution in [0.25, 0.3) is 0 Å². The second-order valence-corrected chi connectivity index (χ2v) is 4.95. The molecule has 1 aliphatic rings. The largest absolute Gasteiger partial charge is 0.327 e. The van der Waals surface area contributed by atoms with Gasteiger partial charge in [-0.05, 0) is 39.5 Å². The maximum Gasteiger partial charge on any atom is 0.245 e. The van der Waals surface area contributed by atoms with Crippen molar-refractivity contribution in [3.05, 3.63) is 0 Å². The van der Waals surface area contributed by atoms with Gasteiger partial charge in [0.25, 0.3) is 0 Å². The number of hydroxylamine groups is 1. The van der Waals surface area contributed by atoms with Crippen molar-refractivity contribution in [2.45, 2.75) is 51.7 Å². The fourth-order valence-electron chi connectivity index (χ4n) is 1.16. The van der Waals surface area contributed by atoms with Crippen LogP contribution >= 0.6 is 0 Å². The third kappa shape index (κ3) is 4.58. The van der Waals surface area contributed by atoms with Crippen LogP contribution in [0.2, 0.25) is 0 Å². The molecule has 1 atom stereocenters. The first-order valence-corrected chi connectivity index (χ1v) is 5.11. The molecular weight excluding hydrogens is 180 g/mol. The number of hydrogen-bond donors (Lipinski definition) is 2. The number of hydrogen-bond acceptors (Lipinski definition) is 3. The van der Waals surface area contributed by atoms with Crippen molar-refractivity contribution in [2.24, 2.45) is 11.7 Å². The lowest BCUT2D eigenvalue weighted by atomic mass is 10.1. The third-order valence-electron chi connectivity index (χ3n) is 2.12. The Labute approximate surface area is 85.1 Å². The van der Waals surface area contributed by atoms with Gasteiger partial charge in [0.2, 0.25) is 5.91 Å². The molecule has 1 rings (SSSR count). The van der Waals surface area contributed by atoms with Crippen LogP contribution in [-0.2, 0) is 9.63 Å². The standard InChI is InChI=1S/C10H20N2O2/c1-10(2,3)14-12-9(13)6-8(11)7-4-5-7/h7-8H,4-6,11H2,1-3H3,(H,12,13). The van der Waals surface area contributed by atoms with Gasteiger partial charge >= 0.3 is 0 Å². The fraction of sp³-hybridized carbons (Fsp3) is 0.900. The van der Waals surface area contributed by atoms with Crippen LogP contribution in [0.1, 0.15) is 40.0 Å². The summed E-state index contributed by atoms with van der Waals surface area (Å²) >= 11 is 0. The Morgan fingerprint density at radius 3 is 2.57 bits per heavy atom. The zero-order valence-electron chi connectivity index (χ0n) is 9.17. The summed E-state index contributed by atoms with van der Waals surface area (Å²) < 4.78 is 0. The highest BCUT2D eigenvalue weighted by Gasteiger charge is 2.30. The van der Waals surface area contributed by atoms with Crippen LogP contribution < -0.4 is 11.2 Å². The fourth-order valence-corrected chi connectivity index (χ4v) is 1.16. The van der Waals surface area contributed by atoms with Gasteiger partial charge < -0.3 is 5.73 Å². The van der Waals surface area contributed by atoms with Gasteiger partial charge in [-0.25, -0.2) is 5.48 Å². The second kappa shape index (κ2) is 4.28. The first-order valence-electron chi connectivity index (χ1n) is 5.11. The highest BCUT2D eigenvalue weighted by Crippen LogP contribution is 2.32. The molecule has 4 heteroatoms. The van der Waals surface area contributed by atoms with Gasteiger partial charge in [0.15, 0.2) is 0 Å². The minimum absolute atomic E-state index is 0.00133. The first-order chi connectivity index (χ1) is 6.38. The van der Waals surface area contributed by atoms with E-state index in [1.807, 2.05) is 20.8 Å². The molecule has 1 aliphatic carbocycles. The van der Waals surface area contributed by atoms with E-state index >= 15 is 0 Å². The van der Waals surface area contributed by atoms with Gasteiger partial charge in [-0.3, -0.25) is 9.63 Å². The lowest BCUT2D eigenvalue weighted by Crippen LogP contribution is -2.37. The van der Waals surface area contributed by atoms with Crippen molar-refractivity contribution < 1.29 is 9.63 Å². The number of nitrogens with two attached hydrogens (primary N) is 1. The van der Waals surface area contributed by atoms with E-state index in [2.05, 4.69) is 5.48 Å². The smallest absolute Gasteiger partial charge is 0.245 e. The molecule has 0 heterocycles. The summed E-state index contributed by atoms with van der Waals surface area (Å²) in [6.07, 6.45) is 2.68. The predicted octanol–water partition coefficient (Wildman–Crippen LogP) is 0.960. The molecule has 14 heavy (non-hydrogen) atoms. The minimum Gasteiger partial charge on any atom is -0.327 e. The molecule has 0 saturated heterocycles. The number of rotatable bonds is 4. The summed E-state index contributed by atoms with van der Waals surface area (Å²) in [5, 5.41) is 0. The highest BCUT2D eigenvalue weighted by molar-refractivity contribution is 5.75. The topological polar surface area (TPSA) is 64.3 Å². The van der Waals surface area contributed by atoms with Crippen molar-refractivity contribution in [1.29, 1.82) is 0 Å².